The molecular formula is C14H9ClF3IO. The number of benzene rings is 2. The third-order valence-electron chi connectivity index (χ3n) is 2.82. The number of halogens is 5. The van der Waals surface area contributed by atoms with Gasteiger partial charge in [-0.25, -0.2) is 0 Å². The Balaban J connectivity index is 2.48. The molecule has 0 aromatic heterocycles. The number of aliphatic hydroxyl groups excluding tert-OH is 1. The van der Waals surface area contributed by atoms with E-state index < -0.39 is 17.8 Å². The number of alkyl halides is 3. The van der Waals surface area contributed by atoms with Gasteiger partial charge in [0.05, 0.1) is 10.6 Å². The average molecular weight is 413 g/mol. The number of hydrogen-bond donors (Lipinski definition) is 1. The Labute approximate surface area is 132 Å². The summed E-state index contributed by atoms with van der Waals surface area (Å²) >= 11 is 7.94. The number of rotatable bonds is 2. The summed E-state index contributed by atoms with van der Waals surface area (Å²) in [6, 6.07) is 9.65. The van der Waals surface area contributed by atoms with Gasteiger partial charge in [0.2, 0.25) is 0 Å². The van der Waals surface area contributed by atoms with Crippen LogP contribution in [0.25, 0.3) is 0 Å². The highest BCUT2D eigenvalue weighted by Gasteiger charge is 2.34. The van der Waals surface area contributed by atoms with Gasteiger partial charge in [-0.1, -0.05) is 35.9 Å². The second-order valence-electron chi connectivity index (χ2n) is 4.16. The van der Waals surface area contributed by atoms with Gasteiger partial charge in [-0.3, -0.25) is 0 Å². The molecule has 0 spiro atoms. The van der Waals surface area contributed by atoms with Gasteiger partial charge in [0.1, 0.15) is 6.10 Å². The molecule has 2 aromatic carbocycles. The largest absolute Gasteiger partial charge is 0.416 e. The fourth-order valence-electron chi connectivity index (χ4n) is 1.86. The lowest BCUT2D eigenvalue weighted by Gasteiger charge is -2.18. The molecule has 0 saturated heterocycles. The molecule has 0 amide bonds. The molecule has 20 heavy (non-hydrogen) atoms. The van der Waals surface area contributed by atoms with Crippen LogP contribution in [0.5, 0.6) is 0 Å². The lowest BCUT2D eigenvalue weighted by Crippen LogP contribution is -2.12. The van der Waals surface area contributed by atoms with E-state index in [1.54, 1.807) is 12.1 Å². The van der Waals surface area contributed by atoms with E-state index in [0.29, 0.717) is 10.6 Å². The fourth-order valence-corrected chi connectivity index (χ4v) is 2.38. The van der Waals surface area contributed by atoms with Gasteiger partial charge < -0.3 is 5.11 Å². The molecule has 0 fully saturated rings. The second kappa shape index (κ2) is 5.91. The van der Waals surface area contributed by atoms with E-state index >= 15 is 0 Å². The van der Waals surface area contributed by atoms with E-state index in [9.17, 15) is 18.3 Å². The minimum Gasteiger partial charge on any atom is -0.384 e. The van der Waals surface area contributed by atoms with Crippen LogP contribution in [0.1, 0.15) is 22.8 Å². The van der Waals surface area contributed by atoms with Gasteiger partial charge in [-0.2, -0.15) is 13.2 Å². The normalized spacial score (nSPS) is 13.3. The van der Waals surface area contributed by atoms with Crippen LogP contribution in [0, 0.1) is 3.57 Å². The molecule has 0 radical (unpaired) electrons. The number of aliphatic hydroxyl groups is 1. The lowest BCUT2D eigenvalue weighted by molar-refractivity contribution is -0.139. The SMILES string of the molecule is OC(c1ccc(I)c(Cl)c1)c1ccccc1C(F)(F)F. The summed E-state index contributed by atoms with van der Waals surface area (Å²) in [5.74, 6) is 0. The van der Waals surface area contributed by atoms with Crippen LogP contribution in [0.4, 0.5) is 13.2 Å². The zero-order valence-electron chi connectivity index (χ0n) is 9.96. The highest BCUT2D eigenvalue weighted by atomic mass is 127. The summed E-state index contributed by atoms with van der Waals surface area (Å²) in [5, 5.41) is 10.6. The standard InChI is InChI=1S/C14H9ClF3IO/c15-11-7-8(5-6-12(11)19)13(20)9-3-1-2-4-10(9)14(16,17)18/h1-7,13,20H. The lowest BCUT2D eigenvalue weighted by atomic mass is 9.96. The third-order valence-corrected chi connectivity index (χ3v) is 4.39. The topological polar surface area (TPSA) is 20.2 Å². The maximum atomic E-state index is 12.9. The molecule has 6 heteroatoms. The molecule has 0 aliphatic heterocycles. The maximum absolute atomic E-state index is 12.9. The summed E-state index contributed by atoms with van der Waals surface area (Å²) in [7, 11) is 0. The maximum Gasteiger partial charge on any atom is 0.416 e. The molecule has 0 heterocycles. The van der Waals surface area contributed by atoms with Crippen molar-refractivity contribution in [3.05, 3.63) is 67.7 Å². The highest BCUT2D eigenvalue weighted by Crippen LogP contribution is 2.37. The molecule has 106 valence electrons. The van der Waals surface area contributed by atoms with Crippen molar-refractivity contribution in [2.45, 2.75) is 12.3 Å². The van der Waals surface area contributed by atoms with E-state index in [2.05, 4.69) is 0 Å². The minimum absolute atomic E-state index is 0.183. The monoisotopic (exact) mass is 412 g/mol. The zero-order chi connectivity index (χ0) is 14.9. The molecule has 0 saturated carbocycles. The van der Waals surface area contributed by atoms with Crippen molar-refractivity contribution < 1.29 is 18.3 Å². The first-order valence-electron chi connectivity index (χ1n) is 5.60. The van der Waals surface area contributed by atoms with Gasteiger partial charge in [0.15, 0.2) is 0 Å². The van der Waals surface area contributed by atoms with Crippen LogP contribution in [-0.2, 0) is 6.18 Å². The minimum atomic E-state index is -4.51. The first-order chi connectivity index (χ1) is 9.30. The van der Waals surface area contributed by atoms with Crippen LogP contribution in [-0.4, -0.2) is 5.11 Å². The fraction of sp³-hybridized carbons (Fsp3) is 0.143. The summed E-state index contributed by atoms with van der Waals surface area (Å²) in [5.41, 5.74) is -0.702. The summed E-state index contributed by atoms with van der Waals surface area (Å²) in [4.78, 5) is 0. The van der Waals surface area contributed by atoms with Crippen molar-refractivity contribution >= 4 is 34.2 Å². The molecule has 0 aliphatic carbocycles. The van der Waals surface area contributed by atoms with Crippen LogP contribution < -0.4 is 0 Å². The molecule has 2 rings (SSSR count). The molecule has 0 aliphatic rings. The molecule has 1 unspecified atom stereocenters. The molecule has 0 bridgehead atoms. The van der Waals surface area contributed by atoms with E-state index in [1.165, 1.54) is 24.3 Å². The molecule has 2 aromatic rings. The van der Waals surface area contributed by atoms with Crippen molar-refractivity contribution in [1.82, 2.24) is 0 Å². The average Bonchev–Trinajstić information content (AvgIpc) is 2.40. The zero-order valence-corrected chi connectivity index (χ0v) is 12.9. The Morgan fingerprint density at radius 1 is 1.10 bits per heavy atom. The highest BCUT2D eigenvalue weighted by molar-refractivity contribution is 14.1. The Hall–Kier alpha value is -0.790. The first-order valence-corrected chi connectivity index (χ1v) is 7.05. The van der Waals surface area contributed by atoms with E-state index in [4.69, 9.17) is 11.6 Å². The van der Waals surface area contributed by atoms with Crippen LogP contribution in [0.3, 0.4) is 0 Å². The van der Waals surface area contributed by atoms with Gasteiger partial charge in [0, 0.05) is 3.57 Å². The summed E-state index contributed by atoms with van der Waals surface area (Å²) in [6.07, 6.45) is -5.88. The van der Waals surface area contributed by atoms with Crippen molar-refractivity contribution in [1.29, 1.82) is 0 Å². The van der Waals surface area contributed by atoms with Crippen LogP contribution >= 0.6 is 34.2 Å². The Morgan fingerprint density at radius 3 is 2.35 bits per heavy atom. The predicted octanol–water partition coefficient (Wildman–Crippen LogP) is 5.05. The molecule has 1 nitrogen and oxygen atoms in total. The van der Waals surface area contributed by atoms with Gasteiger partial charge in [-0.05, 0) is 51.9 Å². The van der Waals surface area contributed by atoms with Gasteiger partial charge in [0.25, 0.3) is 0 Å². The predicted molar refractivity (Wildman–Crippen MR) is 79.7 cm³/mol. The quantitative estimate of drug-likeness (QED) is 0.685. The van der Waals surface area contributed by atoms with Gasteiger partial charge >= 0.3 is 6.18 Å². The van der Waals surface area contributed by atoms with Gasteiger partial charge in [-0.15, -0.1) is 0 Å². The van der Waals surface area contributed by atoms with Crippen LogP contribution in [0.15, 0.2) is 42.5 Å². The van der Waals surface area contributed by atoms with E-state index in [1.807, 2.05) is 22.6 Å². The Morgan fingerprint density at radius 2 is 1.75 bits per heavy atom. The van der Waals surface area contributed by atoms with Crippen molar-refractivity contribution in [2.75, 3.05) is 0 Å². The van der Waals surface area contributed by atoms with Crippen LogP contribution in [0.2, 0.25) is 5.02 Å². The van der Waals surface area contributed by atoms with E-state index in [0.717, 1.165) is 9.64 Å². The Bertz CT molecular complexity index is 628. The summed E-state index contributed by atoms with van der Waals surface area (Å²) < 4.78 is 39.6. The Kier molecular flexibility index (Phi) is 4.61. The molecule has 1 atom stereocenters. The van der Waals surface area contributed by atoms with E-state index in [-0.39, 0.29) is 5.56 Å². The second-order valence-corrected chi connectivity index (χ2v) is 5.73. The molecular weight excluding hydrogens is 404 g/mol. The first kappa shape index (κ1) is 15.6. The van der Waals surface area contributed by atoms with Crippen molar-refractivity contribution in [3.63, 3.8) is 0 Å². The number of hydrogen-bond acceptors (Lipinski definition) is 1. The van der Waals surface area contributed by atoms with Crippen molar-refractivity contribution in [2.24, 2.45) is 0 Å². The summed E-state index contributed by atoms with van der Waals surface area (Å²) in [6.45, 7) is 0. The molecule has 1 N–H and O–H groups in total. The smallest absolute Gasteiger partial charge is 0.384 e. The van der Waals surface area contributed by atoms with Crippen molar-refractivity contribution in [3.8, 4) is 0 Å². The third kappa shape index (κ3) is 3.27.